The zero-order chi connectivity index (χ0) is 21.1. The lowest BCUT2D eigenvalue weighted by atomic mass is 9.93. The van der Waals surface area contributed by atoms with E-state index in [1.54, 1.807) is 6.33 Å². The Bertz CT molecular complexity index is 1090. The number of thioether (sulfide) groups is 1. The van der Waals surface area contributed by atoms with Gasteiger partial charge in [-0.3, -0.25) is 14.2 Å². The molecule has 150 valence electrons. The molecule has 6 nitrogen and oxygen atoms in total. The second-order valence-corrected chi connectivity index (χ2v) is 7.99. The van der Waals surface area contributed by atoms with E-state index in [4.69, 9.17) is 0 Å². The first-order valence-electron chi connectivity index (χ1n) is 9.29. The van der Waals surface area contributed by atoms with Crippen LogP contribution in [0.1, 0.15) is 39.5 Å². The Hall–Kier alpha value is -2.93. The van der Waals surface area contributed by atoms with Gasteiger partial charge in [0.25, 0.3) is 0 Å². The first-order valence-corrected chi connectivity index (χ1v) is 10.3. The number of hydrogen-bond donors (Lipinski definition) is 1. The highest BCUT2D eigenvalue weighted by Gasteiger charge is 2.16. The van der Waals surface area contributed by atoms with Crippen LogP contribution in [-0.4, -0.2) is 32.2 Å². The third-order valence-electron chi connectivity index (χ3n) is 5.08. The van der Waals surface area contributed by atoms with Crippen molar-refractivity contribution in [1.82, 2.24) is 14.8 Å². The van der Waals surface area contributed by atoms with Crippen molar-refractivity contribution in [2.45, 2.75) is 39.8 Å². The van der Waals surface area contributed by atoms with E-state index in [1.165, 1.54) is 24.2 Å². The predicted octanol–water partition coefficient (Wildman–Crippen LogP) is 4.43. The maximum Gasteiger partial charge on any atom is 0.221 e. The van der Waals surface area contributed by atoms with Crippen LogP contribution in [-0.2, 0) is 4.79 Å². The fraction of sp³-hybridized carbons (Fsp3) is 0.273. The fourth-order valence-electron chi connectivity index (χ4n) is 3.15. The topological polar surface area (TPSA) is 76.9 Å². The Balaban J connectivity index is 1.80. The molecule has 1 N–H and O–H groups in total. The number of carbonyl (C=O) groups excluding carboxylic acids is 2. The maximum absolute atomic E-state index is 12.9. The van der Waals surface area contributed by atoms with Crippen LogP contribution in [0.3, 0.4) is 0 Å². The molecule has 29 heavy (non-hydrogen) atoms. The average Bonchev–Trinajstić information content (AvgIpc) is 3.15. The van der Waals surface area contributed by atoms with E-state index in [1.807, 2.05) is 48.7 Å². The summed E-state index contributed by atoms with van der Waals surface area (Å²) in [5.41, 5.74) is 6.81. The van der Waals surface area contributed by atoms with Crippen LogP contribution < -0.4 is 5.32 Å². The average molecular weight is 409 g/mol. The Kier molecular flexibility index (Phi) is 6.17. The third-order valence-corrected chi connectivity index (χ3v) is 6.02. The van der Waals surface area contributed by atoms with Crippen LogP contribution in [0.5, 0.6) is 0 Å². The molecule has 0 saturated heterocycles. The van der Waals surface area contributed by atoms with E-state index in [-0.39, 0.29) is 17.4 Å². The minimum atomic E-state index is -0.134. The van der Waals surface area contributed by atoms with E-state index in [2.05, 4.69) is 29.4 Å². The number of Topliss-reactive ketones (excluding diaryl/α,β-unsaturated/α-hetero) is 1. The fourth-order valence-corrected chi connectivity index (χ4v) is 3.96. The lowest BCUT2D eigenvalue weighted by molar-refractivity contribution is -0.114. The molecule has 0 bridgehead atoms. The smallest absolute Gasteiger partial charge is 0.221 e. The summed E-state index contributed by atoms with van der Waals surface area (Å²) in [4.78, 5) is 24.2. The number of carbonyl (C=O) groups is 2. The monoisotopic (exact) mass is 408 g/mol. The van der Waals surface area contributed by atoms with Gasteiger partial charge >= 0.3 is 0 Å². The van der Waals surface area contributed by atoms with Crippen molar-refractivity contribution in [2.24, 2.45) is 0 Å². The van der Waals surface area contributed by atoms with Gasteiger partial charge in [0.1, 0.15) is 6.33 Å². The van der Waals surface area contributed by atoms with E-state index in [9.17, 15) is 9.59 Å². The summed E-state index contributed by atoms with van der Waals surface area (Å²) in [6.07, 6.45) is 1.60. The van der Waals surface area contributed by atoms with Crippen molar-refractivity contribution in [3.63, 3.8) is 0 Å². The predicted molar refractivity (Wildman–Crippen MR) is 116 cm³/mol. The number of anilines is 1. The molecule has 0 spiro atoms. The number of nitrogens with one attached hydrogen (secondary N) is 1. The Morgan fingerprint density at radius 3 is 2.55 bits per heavy atom. The van der Waals surface area contributed by atoms with Gasteiger partial charge in [0, 0.05) is 18.2 Å². The third kappa shape index (κ3) is 4.56. The van der Waals surface area contributed by atoms with Crippen molar-refractivity contribution in [2.75, 3.05) is 11.1 Å². The van der Waals surface area contributed by atoms with Gasteiger partial charge in [-0.05, 0) is 74.2 Å². The van der Waals surface area contributed by atoms with Crippen LogP contribution >= 0.6 is 11.8 Å². The van der Waals surface area contributed by atoms with E-state index in [0.29, 0.717) is 10.8 Å². The largest absolute Gasteiger partial charge is 0.326 e. The number of ketones is 1. The molecular formula is C22H24N4O2S. The molecule has 3 aromatic rings. The number of nitrogens with zero attached hydrogens (tertiary/aromatic N) is 3. The van der Waals surface area contributed by atoms with Gasteiger partial charge in [-0.1, -0.05) is 17.8 Å². The van der Waals surface area contributed by atoms with Crippen molar-refractivity contribution in [3.05, 3.63) is 64.5 Å². The second kappa shape index (κ2) is 8.61. The summed E-state index contributed by atoms with van der Waals surface area (Å²) >= 11 is 1.35. The number of aryl methyl sites for hydroxylation is 1. The molecule has 0 saturated carbocycles. The van der Waals surface area contributed by atoms with Crippen LogP contribution in [0.15, 0.2) is 41.8 Å². The Morgan fingerprint density at radius 1 is 1.07 bits per heavy atom. The molecule has 0 fully saturated rings. The van der Waals surface area contributed by atoms with E-state index < -0.39 is 0 Å². The quantitative estimate of drug-likeness (QED) is 0.482. The van der Waals surface area contributed by atoms with Crippen molar-refractivity contribution < 1.29 is 9.59 Å². The molecule has 1 amide bonds. The number of aromatic nitrogens is 3. The SMILES string of the molecule is CC(=O)Nc1cccc(-n2cnnc2SCC(=O)c2cc(C)c(C)c(C)c2C)c1. The van der Waals surface area contributed by atoms with Crippen LogP contribution in [0.4, 0.5) is 5.69 Å². The first-order chi connectivity index (χ1) is 13.8. The van der Waals surface area contributed by atoms with Gasteiger partial charge < -0.3 is 5.32 Å². The maximum atomic E-state index is 12.9. The lowest BCUT2D eigenvalue weighted by Gasteiger charge is -2.13. The summed E-state index contributed by atoms with van der Waals surface area (Å²) in [6.45, 7) is 9.63. The highest BCUT2D eigenvalue weighted by atomic mass is 32.2. The molecule has 1 aromatic heterocycles. The van der Waals surface area contributed by atoms with Gasteiger partial charge in [-0.15, -0.1) is 10.2 Å². The minimum Gasteiger partial charge on any atom is -0.326 e. The van der Waals surface area contributed by atoms with Crippen LogP contribution in [0, 0.1) is 27.7 Å². The van der Waals surface area contributed by atoms with Crippen LogP contribution in [0.25, 0.3) is 5.69 Å². The Labute approximate surface area is 174 Å². The van der Waals surface area contributed by atoms with Crippen molar-refractivity contribution in [3.8, 4) is 5.69 Å². The molecule has 0 atom stereocenters. The first kappa shape index (κ1) is 20.8. The standard InChI is InChI=1S/C22H24N4O2S/c1-13-9-20(16(4)15(3)14(13)2)21(28)11-29-22-25-23-12-26(22)19-8-6-7-18(10-19)24-17(5)27/h6-10,12H,11H2,1-5H3,(H,24,27). The second-order valence-electron chi connectivity index (χ2n) is 7.04. The molecule has 0 radical (unpaired) electrons. The zero-order valence-electron chi connectivity index (χ0n) is 17.2. The highest BCUT2D eigenvalue weighted by molar-refractivity contribution is 7.99. The lowest BCUT2D eigenvalue weighted by Crippen LogP contribution is -2.09. The minimum absolute atomic E-state index is 0.0697. The summed E-state index contributed by atoms with van der Waals surface area (Å²) < 4.78 is 1.81. The molecule has 1 heterocycles. The summed E-state index contributed by atoms with van der Waals surface area (Å²) in [6, 6.07) is 9.38. The number of hydrogen-bond acceptors (Lipinski definition) is 5. The highest BCUT2D eigenvalue weighted by Crippen LogP contribution is 2.25. The number of amides is 1. The molecule has 0 aliphatic rings. The summed E-state index contributed by atoms with van der Waals surface area (Å²) in [5, 5.41) is 11.5. The number of benzene rings is 2. The number of rotatable bonds is 6. The normalized spacial score (nSPS) is 10.8. The van der Waals surface area contributed by atoms with Crippen molar-refractivity contribution in [1.29, 1.82) is 0 Å². The summed E-state index contributed by atoms with van der Waals surface area (Å²) in [5.74, 6) is 0.206. The van der Waals surface area contributed by atoms with E-state index in [0.717, 1.165) is 27.9 Å². The van der Waals surface area contributed by atoms with Crippen LogP contribution in [0.2, 0.25) is 0 Å². The Morgan fingerprint density at radius 2 is 1.83 bits per heavy atom. The van der Waals surface area contributed by atoms with Crippen molar-refractivity contribution >= 4 is 29.1 Å². The molecule has 2 aromatic carbocycles. The van der Waals surface area contributed by atoms with Gasteiger partial charge in [0.2, 0.25) is 5.91 Å². The molecule has 3 rings (SSSR count). The molecule has 0 unspecified atom stereocenters. The molecular weight excluding hydrogens is 384 g/mol. The zero-order valence-corrected chi connectivity index (χ0v) is 18.1. The molecule has 7 heteroatoms. The van der Waals surface area contributed by atoms with Gasteiger partial charge in [-0.25, -0.2) is 0 Å². The van der Waals surface area contributed by atoms with Gasteiger partial charge in [-0.2, -0.15) is 0 Å². The molecule has 0 aliphatic carbocycles. The van der Waals surface area contributed by atoms with E-state index >= 15 is 0 Å². The summed E-state index contributed by atoms with van der Waals surface area (Å²) in [7, 11) is 0. The van der Waals surface area contributed by atoms with Gasteiger partial charge in [0.05, 0.1) is 11.4 Å². The molecule has 0 aliphatic heterocycles. The van der Waals surface area contributed by atoms with Gasteiger partial charge in [0.15, 0.2) is 10.9 Å².